The van der Waals surface area contributed by atoms with E-state index < -0.39 is 42.7 Å². The summed E-state index contributed by atoms with van der Waals surface area (Å²) < 4.78 is 5.00. The van der Waals surface area contributed by atoms with Gasteiger partial charge in [0.25, 0.3) is 0 Å². The molecule has 1 saturated heterocycles. The first kappa shape index (κ1) is 15.4. The van der Waals surface area contributed by atoms with Crippen molar-refractivity contribution < 1.29 is 30.0 Å². The zero-order valence-electron chi connectivity index (χ0n) is 9.81. The smallest absolute Gasteiger partial charge is 0.217 e. The average Bonchev–Trinajstić information content (AvgIpc) is 2.31. The van der Waals surface area contributed by atoms with Crippen LogP contribution in [-0.2, 0) is 9.53 Å². The lowest BCUT2D eigenvalue weighted by molar-refractivity contribution is -0.282. The van der Waals surface area contributed by atoms with E-state index in [2.05, 4.69) is 17.5 Å². The fraction of sp³-hybridized carbons (Fsp3) is 0.800. The van der Waals surface area contributed by atoms with Gasteiger partial charge in [-0.2, -0.15) is 0 Å². The molecule has 0 bridgehead atoms. The fourth-order valence-electron chi connectivity index (χ4n) is 2.05. The van der Waals surface area contributed by atoms with E-state index in [0.29, 0.717) is 0 Å². The van der Waals surface area contributed by atoms with Gasteiger partial charge in [-0.05, 0) is 5.37 Å². The summed E-state index contributed by atoms with van der Waals surface area (Å²) in [6.45, 7) is 0.637. The first-order valence-corrected chi connectivity index (χ1v) is 5.89. The first-order chi connectivity index (χ1) is 8.39. The lowest BCUT2D eigenvalue weighted by atomic mass is 9.81. The second kappa shape index (κ2) is 6.00. The van der Waals surface area contributed by atoms with Crippen LogP contribution < -0.4 is 5.32 Å². The van der Waals surface area contributed by atoms with Crippen LogP contribution in [0.2, 0.25) is 0 Å². The molecule has 0 saturated carbocycles. The Labute approximate surface area is 109 Å². The van der Waals surface area contributed by atoms with E-state index in [0.717, 1.165) is 0 Å². The van der Waals surface area contributed by atoms with E-state index in [1.54, 1.807) is 0 Å². The second-order valence-electron chi connectivity index (χ2n) is 4.24. The maximum atomic E-state index is 11.2. The third kappa shape index (κ3) is 2.68. The van der Waals surface area contributed by atoms with Crippen LogP contribution in [0.15, 0.2) is 0 Å². The van der Waals surface area contributed by atoms with E-state index in [4.69, 9.17) is 9.84 Å². The Morgan fingerprint density at radius 2 is 2.11 bits per heavy atom. The molecule has 104 valence electrons. The highest BCUT2D eigenvalue weighted by Gasteiger charge is 2.55. The Hall–Kier alpha value is -0.640. The highest BCUT2D eigenvalue weighted by atomic mass is 32.1. The highest BCUT2D eigenvalue weighted by Crippen LogP contribution is 2.31. The highest BCUT2D eigenvalue weighted by molar-refractivity contribution is 7.78. The van der Waals surface area contributed by atoms with Crippen LogP contribution in [0, 0.1) is 0 Å². The van der Waals surface area contributed by atoms with E-state index >= 15 is 0 Å². The van der Waals surface area contributed by atoms with Gasteiger partial charge in [0.2, 0.25) is 5.91 Å². The molecule has 1 aliphatic heterocycles. The fourth-order valence-corrected chi connectivity index (χ4v) is 2.32. The van der Waals surface area contributed by atoms with Gasteiger partial charge in [0.05, 0.1) is 6.61 Å². The number of aliphatic hydroxyl groups is 4. The number of thiocarbonyl (C=S) groups is 1. The van der Waals surface area contributed by atoms with Crippen LogP contribution in [0.3, 0.4) is 0 Å². The number of nitrogens with one attached hydrogen (secondary N) is 1. The van der Waals surface area contributed by atoms with Crippen molar-refractivity contribution in [3.63, 3.8) is 0 Å². The molecule has 0 aromatic heterocycles. The molecule has 0 aliphatic carbocycles. The average molecular weight is 279 g/mol. The normalized spacial score (nSPS) is 40.3. The van der Waals surface area contributed by atoms with Gasteiger partial charge in [-0.15, -0.1) is 0 Å². The number of amides is 1. The summed E-state index contributed by atoms with van der Waals surface area (Å²) in [6, 6.07) is 0. The summed E-state index contributed by atoms with van der Waals surface area (Å²) in [5, 5.41) is 42.3. The molecule has 1 rings (SSSR count). The van der Waals surface area contributed by atoms with Gasteiger partial charge in [-0.25, -0.2) is 0 Å². The summed E-state index contributed by atoms with van der Waals surface area (Å²) in [4.78, 5) is 11.2. The van der Waals surface area contributed by atoms with Crippen molar-refractivity contribution in [3.05, 3.63) is 0 Å². The van der Waals surface area contributed by atoms with Gasteiger partial charge in [-0.1, -0.05) is 12.2 Å². The third-order valence-electron chi connectivity index (χ3n) is 2.99. The maximum absolute atomic E-state index is 11.2. The van der Waals surface area contributed by atoms with E-state index in [9.17, 15) is 20.1 Å². The predicted octanol–water partition coefficient (Wildman–Crippen LogP) is -2.32. The summed E-state index contributed by atoms with van der Waals surface area (Å²) in [7, 11) is 0. The maximum Gasteiger partial charge on any atom is 0.217 e. The molecule has 0 aromatic carbocycles. The van der Waals surface area contributed by atoms with Crippen LogP contribution in [0.1, 0.15) is 13.3 Å². The Bertz CT molecular complexity index is 327. The molecular formula is C10H17NO6S. The van der Waals surface area contributed by atoms with Gasteiger partial charge in [0, 0.05) is 13.3 Å². The zero-order valence-corrected chi connectivity index (χ0v) is 10.6. The topological polar surface area (TPSA) is 119 Å². The molecule has 5 atom stereocenters. The minimum Gasteiger partial charge on any atom is -0.394 e. The molecule has 18 heavy (non-hydrogen) atoms. The quantitative estimate of drug-likeness (QED) is 0.367. The predicted molar refractivity (Wildman–Crippen MR) is 64.8 cm³/mol. The number of carbonyl (C=O) groups is 1. The van der Waals surface area contributed by atoms with Crippen molar-refractivity contribution in [3.8, 4) is 0 Å². The van der Waals surface area contributed by atoms with Gasteiger partial charge in [0.15, 0.2) is 6.29 Å². The lowest BCUT2D eigenvalue weighted by Gasteiger charge is -2.48. The van der Waals surface area contributed by atoms with Crippen molar-refractivity contribution in [2.24, 2.45) is 0 Å². The summed E-state index contributed by atoms with van der Waals surface area (Å²) in [5.74, 6) is -0.511. The van der Waals surface area contributed by atoms with Crippen molar-refractivity contribution >= 4 is 23.5 Å². The van der Waals surface area contributed by atoms with Crippen molar-refractivity contribution in [2.45, 2.75) is 43.5 Å². The molecule has 0 spiro atoms. The van der Waals surface area contributed by atoms with E-state index in [1.165, 1.54) is 12.3 Å². The largest absolute Gasteiger partial charge is 0.394 e. The zero-order chi connectivity index (χ0) is 13.9. The molecule has 8 heteroatoms. The summed E-state index contributed by atoms with van der Waals surface area (Å²) in [6.07, 6.45) is -5.74. The summed E-state index contributed by atoms with van der Waals surface area (Å²) >= 11 is 4.67. The van der Waals surface area contributed by atoms with Crippen LogP contribution in [0.4, 0.5) is 0 Å². The molecule has 1 unspecified atom stereocenters. The van der Waals surface area contributed by atoms with Crippen molar-refractivity contribution in [2.75, 3.05) is 6.61 Å². The van der Waals surface area contributed by atoms with Gasteiger partial charge < -0.3 is 30.5 Å². The van der Waals surface area contributed by atoms with E-state index in [1.807, 2.05) is 0 Å². The minimum atomic E-state index is -1.61. The Morgan fingerprint density at radius 1 is 1.50 bits per heavy atom. The Balaban J connectivity index is 3.06. The van der Waals surface area contributed by atoms with Gasteiger partial charge >= 0.3 is 0 Å². The third-order valence-corrected chi connectivity index (χ3v) is 3.15. The first-order valence-electron chi connectivity index (χ1n) is 5.42. The molecule has 1 amide bonds. The van der Waals surface area contributed by atoms with Crippen molar-refractivity contribution in [1.29, 1.82) is 0 Å². The molecule has 0 radical (unpaired) electrons. The number of hydrogen-bond donors (Lipinski definition) is 5. The molecule has 1 heterocycles. The van der Waals surface area contributed by atoms with Crippen LogP contribution in [-0.4, -0.2) is 68.4 Å². The Kier molecular flexibility index (Phi) is 5.14. The SMILES string of the molecule is CC(=O)N[C@@]1(CC=S)C(O)O[C@H](CO)[C@@H](O)[C@@H]1O. The van der Waals surface area contributed by atoms with Gasteiger partial charge in [-0.3, -0.25) is 4.79 Å². The Morgan fingerprint density at radius 3 is 2.56 bits per heavy atom. The van der Waals surface area contributed by atoms with E-state index in [-0.39, 0.29) is 6.42 Å². The molecular weight excluding hydrogens is 262 g/mol. The molecule has 0 aromatic rings. The number of carbonyl (C=O) groups excluding carboxylic acids is 1. The molecule has 1 fully saturated rings. The second-order valence-corrected chi connectivity index (χ2v) is 4.57. The van der Waals surface area contributed by atoms with Crippen LogP contribution in [0.25, 0.3) is 0 Å². The molecule has 1 aliphatic rings. The number of rotatable bonds is 4. The van der Waals surface area contributed by atoms with Crippen LogP contribution in [0.5, 0.6) is 0 Å². The minimum absolute atomic E-state index is 0.0700. The number of aliphatic hydroxyl groups excluding tert-OH is 4. The number of ether oxygens (including phenoxy) is 1. The van der Waals surface area contributed by atoms with Crippen LogP contribution >= 0.6 is 12.2 Å². The standard InChI is InChI=1S/C10H17NO6S/c1-5(13)11-10(2-3-18)8(15)7(14)6(4-12)17-9(10)16/h3,6-9,12,14-16H,2,4H2,1H3,(H,11,13)/t6-,7-,8+,9?,10-/m1/s1. The van der Waals surface area contributed by atoms with Gasteiger partial charge in [0.1, 0.15) is 23.9 Å². The molecule has 7 nitrogen and oxygen atoms in total. The molecule has 5 N–H and O–H groups in total. The lowest BCUT2D eigenvalue weighted by Crippen LogP contribution is -2.73. The number of hydrogen-bond acceptors (Lipinski definition) is 7. The summed E-state index contributed by atoms with van der Waals surface area (Å²) in [5.41, 5.74) is -1.61. The van der Waals surface area contributed by atoms with Crippen molar-refractivity contribution in [1.82, 2.24) is 5.32 Å². The monoisotopic (exact) mass is 279 g/mol.